The minimum Gasteiger partial charge on any atom is -0.508 e. The van der Waals surface area contributed by atoms with E-state index in [1.807, 2.05) is 0 Å². The fourth-order valence-corrected chi connectivity index (χ4v) is 6.42. The van der Waals surface area contributed by atoms with Crippen LogP contribution in [0, 0.1) is 25.7 Å². The molecule has 0 aromatic heterocycles. The monoisotopic (exact) mass is 880 g/mol. The summed E-state index contributed by atoms with van der Waals surface area (Å²) in [7, 11) is 0. The fraction of sp³-hybridized carbons (Fsp3) is 0.468. The third kappa shape index (κ3) is 19.4. The number of nitrogens with zero attached hydrogens (tertiary/aromatic N) is 1. The maximum absolute atomic E-state index is 14.9. The molecule has 0 heterocycles. The smallest absolute Gasteiger partial charge is 0.408 e. The van der Waals surface area contributed by atoms with Gasteiger partial charge in [-0.2, -0.15) is 0 Å². The third-order valence-electron chi connectivity index (χ3n) is 9.48. The molecule has 63 heavy (non-hydrogen) atoms. The number of alkyl carbamates (subject to hydrolysis) is 2. The Kier molecular flexibility index (Phi) is 15.9. The van der Waals surface area contributed by atoms with Crippen LogP contribution in [0.1, 0.15) is 104 Å². The molecule has 0 aliphatic carbocycles. The van der Waals surface area contributed by atoms with Gasteiger partial charge in [-0.15, -0.1) is 0 Å². The Morgan fingerprint density at radius 1 is 0.778 bits per heavy atom. The number of Topliss-reactive ketones (excluding diaryl/α,β-unsaturated/α-hetero) is 2. The Morgan fingerprint density at radius 2 is 1.37 bits per heavy atom. The second-order valence-corrected chi connectivity index (χ2v) is 15.9. The minimum absolute atomic E-state index is 0.0266. The number of hydrogen-bond donors (Lipinski definition) is 7. The fourth-order valence-electron chi connectivity index (χ4n) is 6.42. The number of rotatable bonds is 25. The van der Waals surface area contributed by atoms with E-state index in [0.29, 0.717) is 27.8 Å². The molecule has 0 saturated heterocycles. The van der Waals surface area contributed by atoms with Gasteiger partial charge in [-0.1, -0.05) is 60.7 Å². The van der Waals surface area contributed by atoms with E-state index in [-0.39, 0.29) is 50.5 Å². The van der Waals surface area contributed by atoms with Gasteiger partial charge in [0.25, 0.3) is 0 Å². The average Bonchev–Trinajstić information content (AvgIpc) is 3.25. The largest absolute Gasteiger partial charge is 0.508 e. The van der Waals surface area contributed by atoms with Gasteiger partial charge in [0.1, 0.15) is 18.0 Å². The molecule has 16 nitrogen and oxygen atoms in total. The molecule has 0 spiro atoms. The Hall–Kier alpha value is -6.45. The highest BCUT2D eigenvalue weighted by atomic mass is 16.6. The van der Waals surface area contributed by atoms with Crippen LogP contribution in [0.5, 0.6) is 5.75 Å². The SMILES string of the molecule is [2H]C([2H])(NC(=O)OC(C)(C)C)C([2H])([2H])C([2H])([2H])C([2H])([2H])[C@H](NC(=O)[C@@H](CC(=O)[C@@H](CCCN=C(N)N)NC(=O)OCc1ccccc1)Cc1c(C)cc(O)cc1C)C(=O)C[C@@H](Cc1ccccc1)C(N)=O. The predicted octanol–water partition coefficient (Wildman–Crippen LogP) is 4.96. The second-order valence-electron chi connectivity index (χ2n) is 15.9. The van der Waals surface area contributed by atoms with Gasteiger partial charge >= 0.3 is 12.2 Å². The van der Waals surface area contributed by atoms with Crippen LogP contribution in [0.15, 0.2) is 77.8 Å². The first-order valence-electron chi connectivity index (χ1n) is 24.3. The molecule has 4 amide bonds. The van der Waals surface area contributed by atoms with Crippen LogP contribution in [0.3, 0.4) is 0 Å². The highest BCUT2D eigenvalue weighted by molar-refractivity contribution is 5.95. The van der Waals surface area contributed by atoms with E-state index in [9.17, 15) is 36.6 Å². The molecule has 0 bridgehead atoms. The number of benzene rings is 3. The molecule has 10 N–H and O–H groups in total. The molecule has 3 aromatic carbocycles. The molecule has 0 unspecified atom stereocenters. The van der Waals surface area contributed by atoms with Crippen molar-refractivity contribution in [1.82, 2.24) is 16.0 Å². The number of phenolic OH excluding ortho intramolecular Hbond substituents is 1. The van der Waals surface area contributed by atoms with Crippen molar-refractivity contribution in [3.05, 3.63) is 101 Å². The van der Waals surface area contributed by atoms with E-state index >= 15 is 0 Å². The maximum Gasteiger partial charge on any atom is 0.408 e. The Bertz CT molecular complexity index is 2360. The van der Waals surface area contributed by atoms with E-state index in [4.69, 9.17) is 34.9 Å². The second kappa shape index (κ2) is 25.5. The van der Waals surface area contributed by atoms with Crippen LogP contribution < -0.4 is 33.2 Å². The van der Waals surface area contributed by atoms with E-state index in [1.165, 1.54) is 32.9 Å². The first-order valence-corrected chi connectivity index (χ1v) is 20.3. The minimum atomic E-state index is -4.15. The number of guanidine groups is 1. The number of phenols is 1. The standard InChI is InChI=1S/C47H65N7O9/c1-30-23-36(55)24-31(2)37(30)26-35(28-41(57)39(20-14-22-51-44(49)50)54-46(61)62-29-33-17-10-7-11-18-33)43(59)53-38(19-12-13-21-52-45(60)63-47(3,4)5)40(56)27-34(42(48)58)25-32-15-8-6-9-16-32/h6-11,15-18,23-24,34-35,38-39,55H,12-14,19-22,25-29H2,1-5H3,(H2,48,58)(H,52,60)(H,53,59)(H,54,61)(H4,49,50,51)/t34-,35-,38+,39-/m1/s1/i12D2,13D2,19D2,21D2. The van der Waals surface area contributed by atoms with Gasteiger partial charge in [-0.25, -0.2) is 9.59 Å². The van der Waals surface area contributed by atoms with Crippen LogP contribution in [-0.4, -0.2) is 77.4 Å². The predicted molar refractivity (Wildman–Crippen MR) is 240 cm³/mol. The van der Waals surface area contributed by atoms with Crippen LogP contribution in [0.25, 0.3) is 0 Å². The van der Waals surface area contributed by atoms with Crippen LogP contribution in [0.4, 0.5) is 9.59 Å². The van der Waals surface area contributed by atoms with E-state index in [1.54, 1.807) is 79.8 Å². The summed E-state index contributed by atoms with van der Waals surface area (Å²) in [4.78, 5) is 86.6. The quantitative estimate of drug-likeness (QED) is 0.0340. The Morgan fingerprint density at radius 3 is 1.95 bits per heavy atom. The van der Waals surface area contributed by atoms with Crippen LogP contribution >= 0.6 is 0 Å². The number of carbonyl (C=O) groups is 6. The number of ether oxygens (including phenoxy) is 2. The number of carbonyl (C=O) groups excluding carboxylic acids is 6. The maximum atomic E-state index is 14.9. The molecule has 0 aliphatic heterocycles. The number of aliphatic imine (C=N–C) groups is 1. The molecule has 342 valence electrons. The van der Waals surface area contributed by atoms with Gasteiger partial charge in [-0.3, -0.25) is 24.2 Å². The van der Waals surface area contributed by atoms with Gasteiger partial charge < -0.3 is 47.7 Å². The zero-order chi connectivity index (χ0) is 53.7. The Labute approximate surface area is 381 Å². The van der Waals surface area contributed by atoms with Gasteiger partial charge in [0.05, 0.1) is 12.1 Å². The Balaban J connectivity index is 2.18. The van der Waals surface area contributed by atoms with Crippen molar-refractivity contribution in [2.75, 3.05) is 13.0 Å². The first-order chi connectivity index (χ1) is 32.8. The van der Waals surface area contributed by atoms with E-state index in [0.717, 1.165) is 0 Å². The number of primary amides is 1. The topological polar surface area (TPSA) is 268 Å². The summed E-state index contributed by atoms with van der Waals surface area (Å²) in [6.45, 7) is 3.56. The number of hydrogen-bond acceptors (Lipinski definition) is 10. The van der Waals surface area contributed by atoms with Crippen molar-refractivity contribution >= 4 is 41.5 Å². The molecule has 3 aromatic rings. The molecule has 16 heteroatoms. The molecular formula is C47H65N7O9. The molecule has 0 aliphatic rings. The number of aromatic hydroxyl groups is 1. The number of nitrogens with one attached hydrogen (secondary N) is 3. The normalized spacial score (nSPS) is 15.8. The van der Waals surface area contributed by atoms with Crippen molar-refractivity contribution in [2.24, 2.45) is 34.0 Å². The first kappa shape index (κ1) is 39.4. The van der Waals surface area contributed by atoms with E-state index in [2.05, 4.69) is 15.6 Å². The number of nitrogens with two attached hydrogens (primary N) is 3. The molecule has 0 fully saturated rings. The third-order valence-corrected chi connectivity index (χ3v) is 9.48. The van der Waals surface area contributed by atoms with Gasteiger partial charge in [-0.05, 0) is 119 Å². The lowest BCUT2D eigenvalue weighted by molar-refractivity contribution is -0.134. The average molecular weight is 880 g/mol. The number of ketones is 2. The number of amides is 4. The van der Waals surface area contributed by atoms with Gasteiger partial charge in [0.15, 0.2) is 17.5 Å². The summed E-state index contributed by atoms with van der Waals surface area (Å²) in [5.74, 6) is -7.78. The lowest BCUT2D eigenvalue weighted by atomic mass is 9.86. The molecular weight excluding hydrogens is 807 g/mol. The van der Waals surface area contributed by atoms with Crippen molar-refractivity contribution in [1.29, 1.82) is 0 Å². The summed E-state index contributed by atoms with van der Waals surface area (Å²) in [5.41, 5.74) is 17.9. The zero-order valence-corrected chi connectivity index (χ0v) is 36.3. The molecule has 3 rings (SSSR count). The lowest BCUT2D eigenvalue weighted by Gasteiger charge is -2.26. The summed E-state index contributed by atoms with van der Waals surface area (Å²) in [5, 5.41) is 16.7. The molecule has 0 saturated carbocycles. The summed E-state index contributed by atoms with van der Waals surface area (Å²) in [6, 6.07) is 15.5. The zero-order valence-electron chi connectivity index (χ0n) is 44.3. The molecule has 0 radical (unpaired) electrons. The number of aryl methyl sites for hydroxylation is 2. The highest BCUT2D eigenvalue weighted by Crippen LogP contribution is 2.26. The highest BCUT2D eigenvalue weighted by Gasteiger charge is 2.33. The van der Waals surface area contributed by atoms with Crippen molar-refractivity contribution in [3.63, 3.8) is 0 Å². The summed E-state index contributed by atoms with van der Waals surface area (Å²) >= 11 is 0. The summed E-state index contributed by atoms with van der Waals surface area (Å²) < 4.78 is 81.2. The van der Waals surface area contributed by atoms with Crippen molar-refractivity contribution in [3.8, 4) is 5.75 Å². The summed E-state index contributed by atoms with van der Waals surface area (Å²) in [6.07, 6.45) is -16.9. The lowest BCUT2D eigenvalue weighted by Crippen LogP contribution is -2.47. The molecule has 4 atom stereocenters. The van der Waals surface area contributed by atoms with Crippen molar-refractivity contribution in [2.45, 2.75) is 117 Å². The van der Waals surface area contributed by atoms with Gasteiger partial charge in [0.2, 0.25) is 11.8 Å². The van der Waals surface area contributed by atoms with Crippen LogP contribution in [-0.2, 0) is 48.1 Å². The van der Waals surface area contributed by atoms with E-state index < -0.39 is 104 Å². The van der Waals surface area contributed by atoms with Crippen LogP contribution in [0.2, 0.25) is 0 Å². The van der Waals surface area contributed by atoms with Crippen molar-refractivity contribution < 1.29 is 54.3 Å². The van der Waals surface area contributed by atoms with Gasteiger partial charge in [0, 0.05) is 48.7 Å².